The van der Waals surface area contributed by atoms with Crippen LogP contribution in [0, 0.1) is 6.20 Å². The van der Waals surface area contributed by atoms with Gasteiger partial charge in [0.25, 0.3) is 0 Å². The summed E-state index contributed by atoms with van der Waals surface area (Å²) in [5.74, 6) is -0.228. The molecular formula is C15H10ClF6N2O. The quantitative estimate of drug-likeness (QED) is 0.524. The van der Waals surface area contributed by atoms with Crippen molar-refractivity contribution in [2.24, 2.45) is 0 Å². The van der Waals surface area contributed by atoms with Crippen molar-refractivity contribution in [3.8, 4) is 17.1 Å². The second-order valence-corrected chi connectivity index (χ2v) is 5.61. The molecule has 0 spiro atoms. The van der Waals surface area contributed by atoms with E-state index in [1.54, 1.807) is 20.0 Å². The number of hydrogen-bond acceptors (Lipinski definition) is 3. The van der Waals surface area contributed by atoms with E-state index in [0.717, 1.165) is 6.07 Å². The number of ether oxygens (including phenoxy) is 1. The zero-order chi connectivity index (χ0) is 19.0. The second kappa shape index (κ2) is 6.70. The van der Waals surface area contributed by atoms with E-state index in [4.69, 9.17) is 16.3 Å². The molecule has 0 aliphatic heterocycles. The third kappa shape index (κ3) is 4.75. The van der Waals surface area contributed by atoms with Gasteiger partial charge in [-0.25, -0.2) is 9.97 Å². The molecule has 1 radical (unpaired) electrons. The van der Waals surface area contributed by atoms with Gasteiger partial charge in [0.05, 0.1) is 22.9 Å². The molecule has 2 aromatic rings. The van der Waals surface area contributed by atoms with Crippen molar-refractivity contribution in [2.75, 3.05) is 0 Å². The summed E-state index contributed by atoms with van der Waals surface area (Å²) in [6, 6.07) is 1.86. The van der Waals surface area contributed by atoms with E-state index in [9.17, 15) is 26.3 Å². The van der Waals surface area contributed by atoms with Crippen LogP contribution in [0.25, 0.3) is 11.3 Å². The van der Waals surface area contributed by atoms with E-state index in [1.807, 2.05) is 0 Å². The Balaban J connectivity index is 2.69. The van der Waals surface area contributed by atoms with Gasteiger partial charge in [0.15, 0.2) is 0 Å². The van der Waals surface area contributed by atoms with Crippen LogP contribution >= 0.6 is 11.6 Å². The summed E-state index contributed by atoms with van der Waals surface area (Å²) >= 11 is 5.55. The molecule has 0 saturated heterocycles. The molecule has 0 amide bonds. The minimum Gasteiger partial charge on any atom is -0.475 e. The van der Waals surface area contributed by atoms with Gasteiger partial charge >= 0.3 is 12.4 Å². The molecule has 0 saturated carbocycles. The molecular weight excluding hydrogens is 374 g/mol. The molecule has 0 unspecified atom stereocenters. The van der Waals surface area contributed by atoms with Crippen molar-refractivity contribution in [1.29, 1.82) is 0 Å². The highest BCUT2D eigenvalue weighted by Gasteiger charge is 2.37. The monoisotopic (exact) mass is 383 g/mol. The van der Waals surface area contributed by atoms with Crippen LogP contribution in [-0.2, 0) is 12.4 Å². The number of aromatic nitrogens is 2. The Hall–Kier alpha value is -2.03. The minimum absolute atomic E-state index is 0.228. The van der Waals surface area contributed by atoms with Crippen LogP contribution in [0.5, 0.6) is 5.88 Å². The molecule has 0 aliphatic carbocycles. The van der Waals surface area contributed by atoms with Crippen molar-refractivity contribution in [2.45, 2.75) is 32.3 Å². The molecule has 2 aromatic heterocycles. The molecule has 2 heterocycles. The fourth-order valence-electron chi connectivity index (χ4n) is 1.92. The minimum atomic E-state index is -4.90. The van der Waals surface area contributed by atoms with Crippen molar-refractivity contribution >= 4 is 11.6 Å². The lowest BCUT2D eigenvalue weighted by molar-refractivity contribution is -0.138. The topological polar surface area (TPSA) is 35.0 Å². The third-order valence-electron chi connectivity index (χ3n) is 2.85. The first kappa shape index (κ1) is 19.3. The predicted molar refractivity (Wildman–Crippen MR) is 77.1 cm³/mol. The van der Waals surface area contributed by atoms with Crippen LogP contribution in [0.15, 0.2) is 18.2 Å². The number of pyridine rings is 2. The van der Waals surface area contributed by atoms with E-state index in [0.29, 0.717) is 12.1 Å². The molecule has 2 rings (SSSR count). The molecule has 135 valence electrons. The highest BCUT2D eigenvalue weighted by molar-refractivity contribution is 6.29. The highest BCUT2D eigenvalue weighted by atomic mass is 35.5. The molecule has 25 heavy (non-hydrogen) atoms. The van der Waals surface area contributed by atoms with E-state index < -0.39 is 46.0 Å². The van der Waals surface area contributed by atoms with Crippen molar-refractivity contribution < 1.29 is 31.1 Å². The lowest BCUT2D eigenvalue weighted by Gasteiger charge is -2.16. The fourth-order valence-corrected chi connectivity index (χ4v) is 2.13. The van der Waals surface area contributed by atoms with Crippen molar-refractivity contribution in [1.82, 2.24) is 9.97 Å². The number of alkyl halides is 6. The Morgan fingerprint density at radius 3 is 2.20 bits per heavy atom. The van der Waals surface area contributed by atoms with Gasteiger partial charge in [-0.1, -0.05) is 11.6 Å². The average molecular weight is 384 g/mol. The average Bonchev–Trinajstić information content (AvgIpc) is 2.43. The van der Waals surface area contributed by atoms with Gasteiger partial charge in [-0.2, -0.15) is 26.3 Å². The third-order valence-corrected chi connectivity index (χ3v) is 3.05. The van der Waals surface area contributed by atoms with Crippen LogP contribution in [0.1, 0.15) is 25.0 Å². The predicted octanol–water partition coefficient (Wildman–Crippen LogP) is 5.42. The summed E-state index contributed by atoms with van der Waals surface area (Å²) < 4.78 is 83.4. The maximum Gasteiger partial charge on any atom is 0.419 e. The van der Waals surface area contributed by atoms with E-state index in [2.05, 4.69) is 9.97 Å². The maximum atomic E-state index is 13.2. The molecule has 3 nitrogen and oxygen atoms in total. The van der Waals surface area contributed by atoms with Crippen LogP contribution in [-0.4, -0.2) is 16.1 Å². The molecule has 10 heteroatoms. The molecule has 0 aliphatic rings. The fraction of sp³-hybridized carbons (Fsp3) is 0.333. The van der Waals surface area contributed by atoms with Crippen LogP contribution in [0.3, 0.4) is 0 Å². The van der Waals surface area contributed by atoms with Crippen LogP contribution in [0.2, 0.25) is 5.15 Å². The number of halogens is 7. The first-order chi connectivity index (χ1) is 11.4. The van der Waals surface area contributed by atoms with Crippen LogP contribution < -0.4 is 4.74 Å². The Kier molecular flexibility index (Phi) is 5.17. The largest absolute Gasteiger partial charge is 0.475 e. The Morgan fingerprint density at radius 2 is 1.68 bits per heavy atom. The van der Waals surface area contributed by atoms with Gasteiger partial charge in [-0.3, -0.25) is 0 Å². The lowest BCUT2D eigenvalue weighted by Crippen LogP contribution is -2.12. The lowest BCUT2D eigenvalue weighted by atomic mass is 10.0. The van der Waals surface area contributed by atoms with E-state index in [-0.39, 0.29) is 5.88 Å². The summed E-state index contributed by atoms with van der Waals surface area (Å²) in [6.45, 7) is 3.22. The second-order valence-electron chi connectivity index (χ2n) is 5.22. The molecule has 0 N–H and O–H groups in total. The summed E-state index contributed by atoms with van der Waals surface area (Å²) in [4.78, 5) is 6.99. The number of nitrogens with zero attached hydrogens (tertiary/aromatic N) is 2. The smallest absolute Gasteiger partial charge is 0.419 e. The van der Waals surface area contributed by atoms with Gasteiger partial charge < -0.3 is 4.74 Å². The van der Waals surface area contributed by atoms with Crippen molar-refractivity contribution in [3.05, 3.63) is 40.7 Å². The first-order valence-electron chi connectivity index (χ1n) is 6.79. The van der Waals surface area contributed by atoms with E-state index in [1.165, 1.54) is 0 Å². The Morgan fingerprint density at radius 1 is 1.04 bits per heavy atom. The normalized spacial score (nSPS) is 12.6. The van der Waals surface area contributed by atoms with Crippen LogP contribution in [0.4, 0.5) is 26.3 Å². The van der Waals surface area contributed by atoms with Gasteiger partial charge in [0.2, 0.25) is 5.88 Å². The molecule has 0 fully saturated rings. The van der Waals surface area contributed by atoms with Crippen molar-refractivity contribution in [3.63, 3.8) is 0 Å². The molecule has 0 bridgehead atoms. The highest BCUT2D eigenvalue weighted by Crippen LogP contribution is 2.39. The SMILES string of the molecule is CC(C)Oc1cc(-c2cc(C(F)(F)F)cc(Cl)n2)c(C(F)(F)F)[c]n1. The summed E-state index contributed by atoms with van der Waals surface area (Å²) in [7, 11) is 0. The molecule has 0 atom stereocenters. The standard InChI is InChI=1S/C15H10ClF6N2O/c1-7(2)25-13-5-9(10(6-23-13)15(20,21)22)11-3-8(14(17,18)19)4-12(16)24-11/h3-5,7H,1-2H3. The van der Waals surface area contributed by atoms with Gasteiger partial charge in [0, 0.05) is 11.6 Å². The number of rotatable bonds is 3. The number of hydrogen-bond donors (Lipinski definition) is 0. The van der Waals surface area contributed by atoms with E-state index >= 15 is 0 Å². The zero-order valence-corrected chi connectivity index (χ0v) is 13.5. The van der Waals surface area contributed by atoms with Gasteiger partial charge in [-0.15, -0.1) is 0 Å². The van der Waals surface area contributed by atoms with Gasteiger partial charge in [-0.05, 0) is 26.0 Å². The molecule has 0 aromatic carbocycles. The Labute approximate surface area is 143 Å². The van der Waals surface area contributed by atoms with Gasteiger partial charge in [0.1, 0.15) is 11.3 Å². The summed E-state index contributed by atoms with van der Waals surface area (Å²) in [5, 5.41) is -0.596. The summed E-state index contributed by atoms with van der Waals surface area (Å²) in [6.07, 6.45) is -8.35. The maximum absolute atomic E-state index is 13.2. The first-order valence-corrected chi connectivity index (χ1v) is 7.17. The zero-order valence-electron chi connectivity index (χ0n) is 12.8. The Bertz CT molecular complexity index is 774. The summed E-state index contributed by atoms with van der Waals surface area (Å²) in [5.41, 5.74) is -3.86.